The highest BCUT2D eigenvalue weighted by molar-refractivity contribution is 9.09. The van der Waals surface area contributed by atoms with Gasteiger partial charge in [-0.3, -0.25) is 4.79 Å². The average Bonchev–Trinajstić information content (AvgIpc) is 2.44. The summed E-state index contributed by atoms with van der Waals surface area (Å²) in [5, 5.41) is 3.43. The van der Waals surface area contributed by atoms with Crippen molar-refractivity contribution < 1.29 is 18.0 Å². The summed E-state index contributed by atoms with van der Waals surface area (Å²) in [7, 11) is 0. The van der Waals surface area contributed by atoms with E-state index in [-0.39, 0.29) is 0 Å². The van der Waals surface area contributed by atoms with Crippen molar-refractivity contribution in [2.45, 2.75) is 25.7 Å². The largest absolute Gasteiger partial charge is 0.352 e. The fourth-order valence-corrected chi connectivity index (χ4v) is 3.68. The van der Waals surface area contributed by atoms with Gasteiger partial charge in [-0.1, -0.05) is 28.8 Å². The molecule has 0 spiro atoms. The molecule has 1 aromatic rings. The Bertz CT molecular complexity index is 501. The molecule has 0 saturated heterocycles. The number of nitrogens with one attached hydrogen (secondary N) is 1. The fraction of sp³-hybridized carbons (Fsp3) is 0.533. The summed E-state index contributed by atoms with van der Waals surface area (Å²) in [6.07, 6.45) is 4.35. The highest BCUT2D eigenvalue weighted by atomic mass is 79.9. The summed E-state index contributed by atoms with van der Waals surface area (Å²) < 4.78 is 39.9. The van der Waals surface area contributed by atoms with Crippen LogP contribution in [0.25, 0.3) is 0 Å². The zero-order valence-corrected chi connectivity index (χ0v) is 13.1. The van der Waals surface area contributed by atoms with Gasteiger partial charge in [0.25, 0.3) is 5.91 Å². The molecule has 0 bridgehead atoms. The molecule has 1 aromatic carbocycles. The van der Waals surface area contributed by atoms with Gasteiger partial charge in [0.05, 0.1) is 0 Å². The molecule has 0 aliphatic heterocycles. The number of amides is 1. The number of halogens is 4. The first-order chi connectivity index (χ1) is 10.0. The molecule has 1 N–H and O–H groups in total. The van der Waals surface area contributed by atoms with Crippen molar-refractivity contribution in [3.8, 4) is 0 Å². The Morgan fingerprint density at radius 3 is 2.29 bits per heavy atom. The van der Waals surface area contributed by atoms with Crippen LogP contribution in [0, 0.1) is 29.3 Å². The molecule has 1 fully saturated rings. The second-order valence-corrected chi connectivity index (χ2v) is 6.06. The molecular formula is C15H17BrF3NO. The van der Waals surface area contributed by atoms with E-state index in [9.17, 15) is 18.0 Å². The first kappa shape index (κ1) is 16.3. The predicted octanol–water partition coefficient (Wildman–Crippen LogP) is 4.04. The zero-order chi connectivity index (χ0) is 15.4. The topological polar surface area (TPSA) is 29.1 Å². The third kappa shape index (κ3) is 3.99. The Hall–Kier alpha value is -1.04. The Labute approximate surface area is 130 Å². The maximum absolute atomic E-state index is 13.5. The quantitative estimate of drug-likeness (QED) is 0.803. The summed E-state index contributed by atoms with van der Waals surface area (Å²) in [4.78, 5) is 11.9. The molecule has 1 saturated carbocycles. The monoisotopic (exact) mass is 363 g/mol. The number of benzene rings is 1. The van der Waals surface area contributed by atoms with Crippen molar-refractivity contribution in [3.05, 3.63) is 35.1 Å². The minimum Gasteiger partial charge on any atom is -0.352 e. The number of hydrogen-bond acceptors (Lipinski definition) is 1. The third-order valence-electron chi connectivity index (χ3n) is 4.02. The molecule has 2 atom stereocenters. The molecule has 21 heavy (non-hydrogen) atoms. The van der Waals surface area contributed by atoms with Crippen molar-refractivity contribution in [3.63, 3.8) is 0 Å². The van der Waals surface area contributed by atoms with Gasteiger partial charge in [0.1, 0.15) is 23.0 Å². The molecule has 2 nitrogen and oxygen atoms in total. The van der Waals surface area contributed by atoms with Crippen molar-refractivity contribution >= 4 is 21.8 Å². The van der Waals surface area contributed by atoms with Crippen LogP contribution in [-0.2, 0) is 0 Å². The van der Waals surface area contributed by atoms with E-state index in [0.29, 0.717) is 30.5 Å². The number of alkyl halides is 1. The fourth-order valence-electron chi connectivity index (χ4n) is 2.83. The summed E-state index contributed by atoms with van der Waals surface area (Å²) in [6, 6.07) is 1.03. The SMILES string of the molecule is O=C(NCC1CCCCC1CBr)c1c(F)cc(F)cc1F. The first-order valence-electron chi connectivity index (χ1n) is 7.01. The molecule has 2 rings (SSSR count). The van der Waals surface area contributed by atoms with E-state index >= 15 is 0 Å². The van der Waals surface area contributed by atoms with Crippen LogP contribution in [0.1, 0.15) is 36.0 Å². The van der Waals surface area contributed by atoms with Crippen LogP contribution in [0.2, 0.25) is 0 Å². The Morgan fingerprint density at radius 1 is 1.14 bits per heavy atom. The molecule has 1 aliphatic rings. The van der Waals surface area contributed by atoms with E-state index in [1.807, 2.05) is 0 Å². The van der Waals surface area contributed by atoms with E-state index in [2.05, 4.69) is 21.2 Å². The molecular weight excluding hydrogens is 347 g/mol. The van der Waals surface area contributed by atoms with Crippen LogP contribution in [0.3, 0.4) is 0 Å². The third-order valence-corrected chi connectivity index (χ3v) is 4.86. The number of rotatable bonds is 4. The Morgan fingerprint density at radius 2 is 1.71 bits per heavy atom. The average molecular weight is 364 g/mol. The van der Waals surface area contributed by atoms with Crippen molar-refractivity contribution in [1.82, 2.24) is 5.32 Å². The van der Waals surface area contributed by atoms with Gasteiger partial charge in [0.2, 0.25) is 0 Å². The highest BCUT2D eigenvalue weighted by Crippen LogP contribution is 2.30. The van der Waals surface area contributed by atoms with Gasteiger partial charge in [-0.2, -0.15) is 0 Å². The van der Waals surface area contributed by atoms with E-state index in [1.165, 1.54) is 6.42 Å². The maximum Gasteiger partial charge on any atom is 0.257 e. The standard InChI is InChI=1S/C15H17BrF3NO/c16-7-9-3-1-2-4-10(9)8-20-15(21)14-12(18)5-11(17)6-13(14)19/h5-6,9-10H,1-4,7-8H2,(H,20,21). The molecule has 0 heterocycles. The lowest BCUT2D eigenvalue weighted by Crippen LogP contribution is -2.35. The lowest BCUT2D eigenvalue weighted by molar-refractivity contribution is 0.0928. The smallest absolute Gasteiger partial charge is 0.257 e. The van der Waals surface area contributed by atoms with Crippen LogP contribution < -0.4 is 5.32 Å². The molecule has 0 radical (unpaired) electrons. The van der Waals surface area contributed by atoms with E-state index < -0.39 is 28.9 Å². The highest BCUT2D eigenvalue weighted by Gasteiger charge is 2.26. The molecule has 116 valence electrons. The number of carbonyl (C=O) groups is 1. The molecule has 6 heteroatoms. The van der Waals surface area contributed by atoms with Gasteiger partial charge in [0, 0.05) is 24.0 Å². The lowest BCUT2D eigenvalue weighted by atomic mass is 9.80. The van der Waals surface area contributed by atoms with Gasteiger partial charge >= 0.3 is 0 Å². The van der Waals surface area contributed by atoms with Gasteiger partial charge in [0.15, 0.2) is 0 Å². The van der Waals surface area contributed by atoms with Crippen LogP contribution in [-0.4, -0.2) is 17.8 Å². The van der Waals surface area contributed by atoms with E-state index in [0.717, 1.165) is 24.6 Å². The van der Waals surface area contributed by atoms with Crippen LogP contribution in [0.15, 0.2) is 12.1 Å². The van der Waals surface area contributed by atoms with E-state index in [4.69, 9.17) is 0 Å². The van der Waals surface area contributed by atoms with Gasteiger partial charge in [-0.25, -0.2) is 13.2 Å². The predicted molar refractivity (Wildman–Crippen MR) is 77.9 cm³/mol. The molecule has 2 unspecified atom stereocenters. The van der Waals surface area contributed by atoms with Crippen molar-refractivity contribution in [2.75, 3.05) is 11.9 Å². The molecule has 1 aliphatic carbocycles. The number of hydrogen-bond donors (Lipinski definition) is 1. The van der Waals surface area contributed by atoms with Crippen LogP contribution in [0.4, 0.5) is 13.2 Å². The van der Waals surface area contributed by atoms with E-state index in [1.54, 1.807) is 0 Å². The summed E-state index contributed by atoms with van der Waals surface area (Å²) in [6.45, 7) is 0.380. The second kappa shape index (κ2) is 7.29. The Balaban J connectivity index is 2.02. The zero-order valence-electron chi connectivity index (χ0n) is 11.5. The van der Waals surface area contributed by atoms with Gasteiger partial charge in [-0.15, -0.1) is 0 Å². The van der Waals surface area contributed by atoms with Crippen LogP contribution in [0.5, 0.6) is 0 Å². The normalized spacial score (nSPS) is 22.1. The summed E-state index contributed by atoms with van der Waals surface area (Å²) >= 11 is 3.46. The minimum absolute atomic E-state index is 0.300. The number of carbonyl (C=O) groups excluding carboxylic acids is 1. The minimum atomic E-state index is -1.18. The second-order valence-electron chi connectivity index (χ2n) is 5.41. The van der Waals surface area contributed by atoms with Gasteiger partial charge in [-0.05, 0) is 24.7 Å². The van der Waals surface area contributed by atoms with Gasteiger partial charge < -0.3 is 5.32 Å². The van der Waals surface area contributed by atoms with Crippen molar-refractivity contribution in [1.29, 1.82) is 0 Å². The maximum atomic E-state index is 13.5. The van der Waals surface area contributed by atoms with Crippen molar-refractivity contribution in [2.24, 2.45) is 11.8 Å². The molecule has 0 aromatic heterocycles. The summed E-state index contributed by atoms with van der Waals surface area (Å²) in [5.74, 6) is -3.45. The summed E-state index contributed by atoms with van der Waals surface area (Å²) in [5.41, 5.74) is -0.720. The lowest BCUT2D eigenvalue weighted by Gasteiger charge is -2.30. The first-order valence-corrected chi connectivity index (χ1v) is 8.13. The Kier molecular flexibility index (Phi) is 5.67. The molecule has 1 amide bonds. The van der Waals surface area contributed by atoms with Crippen LogP contribution >= 0.6 is 15.9 Å².